The lowest BCUT2D eigenvalue weighted by atomic mass is 10.2. The third-order valence-electron chi connectivity index (χ3n) is 1.77. The summed E-state index contributed by atoms with van der Waals surface area (Å²) < 4.78 is 4.70. The molecule has 0 radical (unpaired) electrons. The van der Waals surface area contributed by atoms with Gasteiger partial charge in [-0.3, -0.25) is 4.79 Å². The summed E-state index contributed by atoms with van der Waals surface area (Å²) in [7, 11) is 0. The third kappa shape index (κ3) is 3.43. The van der Waals surface area contributed by atoms with Gasteiger partial charge in [0.2, 0.25) is 0 Å². The quantitative estimate of drug-likeness (QED) is 0.631. The third-order valence-corrected chi connectivity index (χ3v) is 1.77. The van der Waals surface area contributed by atoms with Gasteiger partial charge in [0, 0.05) is 13.0 Å². The number of aliphatic carboxylic acids is 1. The minimum absolute atomic E-state index is 0.0288. The number of carboxylic acids is 1. The summed E-state index contributed by atoms with van der Waals surface area (Å²) in [6, 6.07) is 1.49. The van der Waals surface area contributed by atoms with Crippen LogP contribution in [0.25, 0.3) is 0 Å². The molecule has 15 heavy (non-hydrogen) atoms. The average molecular weight is 213 g/mol. The van der Waals surface area contributed by atoms with E-state index in [1.165, 1.54) is 18.6 Å². The molecular weight excluding hydrogens is 202 g/mol. The number of aliphatic hydroxyl groups excluding tert-OH is 1. The second-order valence-corrected chi connectivity index (χ2v) is 2.91. The van der Waals surface area contributed by atoms with Crippen molar-refractivity contribution >= 4 is 11.9 Å². The lowest BCUT2D eigenvalue weighted by Crippen LogP contribution is -2.29. The van der Waals surface area contributed by atoms with Crippen molar-refractivity contribution in [3.8, 4) is 0 Å². The van der Waals surface area contributed by atoms with E-state index in [9.17, 15) is 9.59 Å². The SMILES string of the molecule is O=C(NCC[C@H](O)C(=O)O)c1ccoc1. The molecule has 82 valence electrons. The van der Waals surface area contributed by atoms with E-state index >= 15 is 0 Å². The van der Waals surface area contributed by atoms with Crippen molar-refractivity contribution in [1.82, 2.24) is 5.32 Å². The highest BCUT2D eigenvalue weighted by atomic mass is 16.4. The molecule has 1 atom stereocenters. The summed E-state index contributed by atoms with van der Waals surface area (Å²) in [5.74, 6) is -1.66. The Morgan fingerprint density at radius 1 is 1.53 bits per heavy atom. The topological polar surface area (TPSA) is 99.8 Å². The van der Waals surface area contributed by atoms with Gasteiger partial charge in [-0.1, -0.05) is 0 Å². The van der Waals surface area contributed by atoms with Crippen molar-refractivity contribution in [3.05, 3.63) is 24.2 Å². The number of nitrogens with one attached hydrogen (secondary N) is 1. The van der Waals surface area contributed by atoms with Gasteiger partial charge in [-0.2, -0.15) is 0 Å². The molecule has 0 fully saturated rings. The zero-order valence-electron chi connectivity index (χ0n) is 7.84. The maximum absolute atomic E-state index is 11.3. The Morgan fingerprint density at radius 3 is 2.80 bits per heavy atom. The molecule has 0 aliphatic rings. The molecule has 1 aromatic rings. The van der Waals surface area contributed by atoms with Gasteiger partial charge >= 0.3 is 5.97 Å². The number of carboxylic acid groups (broad SMARTS) is 1. The molecule has 1 aromatic heterocycles. The summed E-state index contributed by atoms with van der Waals surface area (Å²) in [6.07, 6.45) is 1.16. The number of rotatable bonds is 5. The van der Waals surface area contributed by atoms with Gasteiger partial charge in [0.15, 0.2) is 6.10 Å². The molecule has 3 N–H and O–H groups in total. The zero-order valence-corrected chi connectivity index (χ0v) is 7.84. The first-order valence-corrected chi connectivity index (χ1v) is 4.32. The first kappa shape index (κ1) is 11.3. The van der Waals surface area contributed by atoms with E-state index in [4.69, 9.17) is 14.6 Å². The lowest BCUT2D eigenvalue weighted by molar-refractivity contribution is -0.146. The van der Waals surface area contributed by atoms with Crippen LogP contribution in [-0.2, 0) is 4.79 Å². The lowest BCUT2D eigenvalue weighted by Gasteiger charge is -2.05. The fourth-order valence-corrected chi connectivity index (χ4v) is 0.942. The number of furan rings is 1. The number of aliphatic hydroxyl groups is 1. The molecule has 0 spiro atoms. The van der Waals surface area contributed by atoms with Crippen LogP contribution in [0.4, 0.5) is 0 Å². The van der Waals surface area contributed by atoms with Crippen molar-refractivity contribution in [2.75, 3.05) is 6.54 Å². The van der Waals surface area contributed by atoms with Crippen molar-refractivity contribution < 1.29 is 24.2 Å². The molecule has 1 rings (SSSR count). The first-order chi connectivity index (χ1) is 7.11. The predicted octanol–water partition coefficient (Wildman–Crippen LogP) is -0.155. The Morgan fingerprint density at radius 2 is 2.27 bits per heavy atom. The van der Waals surface area contributed by atoms with Gasteiger partial charge in [-0.05, 0) is 6.07 Å². The monoisotopic (exact) mass is 213 g/mol. The highest BCUT2D eigenvalue weighted by molar-refractivity contribution is 5.93. The predicted molar refractivity (Wildman–Crippen MR) is 49.3 cm³/mol. The molecule has 0 unspecified atom stereocenters. The van der Waals surface area contributed by atoms with Crippen LogP contribution >= 0.6 is 0 Å². The standard InChI is InChI=1S/C9H11NO5/c11-7(9(13)14)1-3-10-8(12)6-2-4-15-5-6/h2,4-5,7,11H,1,3H2,(H,10,12)(H,13,14)/t7-/m0/s1. The van der Waals surface area contributed by atoms with E-state index in [-0.39, 0.29) is 18.9 Å². The smallest absolute Gasteiger partial charge is 0.332 e. The first-order valence-electron chi connectivity index (χ1n) is 4.32. The second kappa shape index (κ2) is 5.16. The Bertz CT molecular complexity index is 332. The Labute approximate surface area is 85.5 Å². The number of carbonyl (C=O) groups excluding carboxylic acids is 1. The molecule has 0 aromatic carbocycles. The van der Waals surface area contributed by atoms with Crippen molar-refractivity contribution in [1.29, 1.82) is 0 Å². The van der Waals surface area contributed by atoms with Crippen LogP contribution in [0.3, 0.4) is 0 Å². The summed E-state index contributed by atoms with van der Waals surface area (Å²) in [5.41, 5.74) is 0.361. The van der Waals surface area contributed by atoms with E-state index in [0.29, 0.717) is 5.56 Å². The Kier molecular flexibility index (Phi) is 3.87. The number of hydrogen-bond donors (Lipinski definition) is 3. The average Bonchev–Trinajstić information content (AvgIpc) is 2.70. The molecule has 0 saturated heterocycles. The molecule has 0 bridgehead atoms. The van der Waals surface area contributed by atoms with Gasteiger partial charge in [0.05, 0.1) is 11.8 Å². The summed E-state index contributed by atoms with van der Waals surface area (Å²) >= 11 is 0. The fraction of sp³-hybridized carbons (Fsp3) is 0.333. The van der Waals surface area contributed by atoms with Crippen LogP contribution in [0.15, 0.2) is 23.0 Å². The highest BCUT2D eigenvalue weighted by Gasteiger charge is 2.13. The summed E-state index contributed by atoms with van der Waals surface area (Å²) in [6.45, 7) is 0.0947. The fourth-order valence-electron chi connectivity index (χ4n) is 0.942. The Hall–Kier alpha value is -1.82. The number of carbonyl (C=O) groups is 2. The molecular formula is C9H11NO5. The van der Waals surface area contributed by atoms with Gasteiger partial charge < -0.3 is 19.9 Å². The van der Waals surface area contributed by atoms with Gasteiger partial charge in [0.25, 0.3) is 5.91 Å². The minimum atomic E-state index is -1.45. The molecule has 6 heteroatoms. The van der Waals surface area contributed by atoms with E-state index < -0.39 is 12.1 Å². The number of hydrogen-bond acceptors (Lipinski definition) is 4. The van der Waals surface area contributed by atoms with Crippen molar-refractivity contribution in [2.45, 2.75) is 12.5 Å². The van der Waals surface area contributed by atoms with Crippen LogP contribution in [0.5, 0.6) is 0 Å². The van der Waals surface area contributed by atoms with E-state index in [1.807, 2.05) is 0 Å². The second-order valence-electron chi connectivity index (χ2n) is 2.91. The van der Waals surface area contributed by atoms with E-state index in [2.05, 4.69) is 5.32 Å². The van der Waals surface area contributed by atoms with Crippen LogP contribution in [0.2, 0.25) is 0 Å². The van der Waals surface area contributed by atoms with Crippen molar-refractivity contribution in [3.63, 3.8) is 0 Å². The van der Waals surface area contributed by atoms with E-state index in [0.717, 1.165) is 0 Å². The largest absolute Gasteiger partial charge is 0.479 e. The van der Waals surface area contributed by atoms with Crippen LogP contribution in [-0.4, -0.2) is 34.7 Å². The van der Waals surface area contributed by atoms with Crippen LogP contribution < -0.4 is 5.32 Å². The molecule has 0 saturated carbocycles. The molecule has 1 amide bonds. The van der Waals surface area contributed by atoms with Gasteiger partial charge in [-0.25, -0.2) is 4.79 Å². The summed E-state index contributed by atoms with van der Waals surface area (Å²) in [4.78, 5) is 21.5. The summed E-state index contributed by atoms with van der Waals surface area (Å²) in [5, 5.41) is 19.7. The maximum Gasteiger partial charge on any atom is 0.332 e. The van der Waals surface area contributed by atoms with Crippen LogP contribution in [0.1, 0.15) is 16.8 Å². The maximum atomic E-state index is 11.3. The normalized spacial score (nSPS) is 12.1. The van der Waals surface area contributed by atoms with Gasteiger partial charge in [-0.15, -0.1) is 0 Å². The van der Waals surface area contributed by atoms with Crippen molar-refractivity contribution in [2.24, 2.45) is 0 Å². The number of amides is 1. The molecule has 0 aliphatic heterocycles. The van der Waals surface area contributed by atoms with Crippen LogP contribution in [0, 0.1) is 0 Å². The molecule has 6 nitrogen and oxygen atoms in total. The minimum Gasteiger partial charge on any atom is -0.479 e. The zero-order chi connectivity index (χ0) is 11.3. The highest BCUT2D eigenvalue weighted by Crippen LogP contribution is 1.99. The molecule has 0 aliphatic carbocycles. The Balaban J connectivity index is 2.27. The van der Waals surface area contributed by atoms with Gasteiger partial charge in [0.1, 0.15) is 6.26 Å². The molecule has 1 heterocycles. The van der Waals surface area contributed by atoms with E-state index in [1.54, 1.807) is 0 Å².